The molecule has 0 aliphatic carbocycles. The fourth-order valence-corrected chi connectivity index (χ4v) is 3.91. The summed E-state index contributed by atoms with van der Waals surface area (Å²) >= 11 is 0. The zero-order valence-electron chi connectivity index (χ0n) is 15.7. The van der Waals surface area contributed by atoms with Crippen molar-refractivity contribution in [2.45, 2.75) is 51.1 Å². The summed E-state index contributed by atoms with van der Waals surface area (Å²) in [7, 11) is 0. The number of rotatable bonds is 5. The topological polar surface area (TPSA) is 63.6 Å². The van der Waals surface area contributed by atoms with Gasteiger partial charge in [0.05, 0.1) is 23.5 Å². The van der Waals surface area contributed by atoms with Crippen LogP contribution in [0.25, 0.3) is 0 Å². The third-order valence-electron chi connectivity index (χ3n) is 5.26. The molecular weight excluding hydrogens is 334 g/mol. The summed E-state index contributed by atoms with van der Waals surface area (Å²) in [4.78, 5) is 18.1. The molecule has 3 aromatic heterocycles. The van der Waals surface area contributed by atoms with E-state index in [2.05, 4.69) is 39.3 Å². The molecule has 1 aliphatic heterocycles. The summed E-state index contributed by atoms with van der Waals surface area (Å²) in [5.74, 6) is 0.880. The maximum atomic E-state index is 4.74. The van der Waals surface area contributed by atoms with E-state index in [1.165, 1.54) is 17.5 Å². The standard InChI is InChI=1S/C22H25N5/c1-16-6-3-12-25-21(16)18-8-2-9-19(27-18)22-17(7-4-13-26-22)10-11-20-23-14-5-15-24-20/h3-7,12-15,18-19,27H,2,8-11H2,1H3/t18-,19+/m0/s1. The molecule has 0 bridgehead atoms. The first kappa shape index (κ1) is 17.7. The molecule has 4 rings (SSSR count). The van der Waals surface area contributed by atoms with Gasteiger partial charge in [0.2, 0.25) is 0 Å². The van der Waals surface area contributed by atoms with Crippen molar-refractivity contribution in [3.05, 3.63) is 83.5 Å². The molecule has 27 heavy (non-hydrogen) atoms. The molecule has 1 N–H and O–H groups in total. The second kappa shape index (κ2) is 8.35. The molecule has 1 saturated heterocycles. The molecule has 4 heterocycles. The highest BCUT2D eigenvalue weighted by Gasteiger charge is 2.27. The fraction of sp³-hybridized carbons (Fsp3) is 0.364. The number of nitrogens with zero attached hydrogens (tertiary/aromatic N) is 4. The van der Waals surface area contributed by atoms with Gasteiger partial charge in [0.15, 0.2) is 0 Å². The molecule has 0 spiro atoms. The normalized spacial score (nSPS) is 19.7. The molecule has 5 heteroatoms. The molecule has 0 unspecified atom stereocenters. The van der Waals surface area contributed by atoms with Crippen molar-refractivity contribution in [1.82, 2.24) is 25.3 Å². The van der Waals surface area contributed by atoms with Gasteiger partial charge in [0.25, 0.3) is 0 Å². The van der Waals surface area contributed by atoms with Crippen LogP contribution < -0.4 is 5.32 Å². The Morgan fingerprint density at radius 3 is 2.26 bits per heavy atom. The smallest absolute Gasteiger partial charge is 0.128 e. The van der Waals surface area contributed by atoms with Crippen molar-refractivity contribution in [3.8, 4) is 0 Å². The maximum absolute atomic E-state index is 4.74. The van der Waals surface area contributed by atoms with Crippen molar-refractivity contribution in [2.75, 3.05) is 0 Å². The molecule has 138 valence electrons. The number of pyridine rings is 2. The number of nitrogens with one attached hydrogen (secondary N) is 1. The fourth-order valence-electron chi connectivity index (χ4n) is 3.91. The molecule has 5 nitrogen and oxygen atoms in total. The van der Waals surface area contributed by atoms with Gasteiger partial charge < -0.3 is 5.32 Å². The predicted octanol–water partition coefficient (Wildman–Crippen LogP) is 3.92. The number of aromatic nitrogens is 4. The first-order valence-corrected chi connectivity index (χ1v) is 9.68. The summed E-state index contributed by atoms with van der Waals surface area (Å²) in [5, 5.41) is 3.81. The lowest BCUT2D eigenvalue weighted by atomic mass is 9.90. The lowest BCUT2D eigenvalue weighted by molar-refractivity contribution is 0.319. The molecule has 0 radical (unpaired) electrons. The molecule has 2 atom stereocenters. The predicted molar refractivity (Wildman–Crippen MR) is 105 cm³/mol. The van der Waals surface area contributed by atoms with E-state index in [-0.39, 0.29) is 12.1 Å². The van der Waals surface area contributed by atoms with Gasteiger partial charge >= 0.3 is 0 Å². The van der Waals surface area contributed by atoms with Crippen LogP contribution in [0, 0.1) is 6.92 Å². The SMILES string of the molecule is Cc1cccnc1[C@@H]1CCC[C@H](c2ncccc2CCc2ncccn2)N1. The second-order valence-corrected chi connectivity index (χ2v) is 7.12. The van der Waals surface area contributed by atoms with E-state index < -0.39 is 0 Å². The third-order valence-corrected chi connectivity index (χ3v) is 5.26. The van der Waals surface area contributed by atoms with Crippen LogP contribution in [0.5, 0.6) is 0 Å². The molecule has 1 fully saturated rings. The lowest BCUT2D eigenvalue weighted by Crippen LogP contribution is -2.33. The van der Waals surface area contributed by atoms with Crippen LogP contribution in [-0.2, 0) is 12.8 Å². The zero-order valence-corrected chi connectivity index (χ0v) is 15.7. The molecule has 0 aromatic carbocycles. The van der Waals surface area contributed by atoms with Crippen LogP contribution in [0.4, 0.5) is 0 Å². The minimum absolute atomic E-state index is 0.262. The van der Waals surface area contributed by atoms with Crippen LogP contribution in [0.2, 0.25) is 0 Å². The Labute approximate surface area is 160 Å². The first-order valence-electron chi connectivity index (χ1n) is 9.68. The Hall–Kier alpha value is -2.66. The summed E-state index contributed by atoms with van der Waals surface area (Å²) in [6.07, 6.45) is 12.5. The average molecular weight is 359 g/mol. The zero-order chi connectivity index (χ0) is 18.5. The van der Waals surface area contributed by atoms with Gasteiger partial charge in [-0.25, -0.2) is 9.97 Å². The van der Waals surface area contributed by atoms with Gasteiger partial charge in [-0.05, 0) is 61.9 Å². The van der Waals surface area contributed by atoms with Crippen molar-refractivity contribution in [2.24, 2.45) is 0 Å². The van der Waals surface area contributed by atoms with Crippen LogP contribution in [0.15, 0.2) is 55.1 Å². The number of hydrogen-bond acceptors (Lipinski definition) is 5. The van der Waals surface area contributed by atoms with E-state index in [4.69, 9.17) is 4.98 Å². The third kappa shape index (κ3) is 4.19. The summed E-state index contributed by atoms with van der Waals surface area (Å²) in [6, 6.07) is 10.7. The van der Waals surface area contributed by atoms with Crippen molar-refractivity contribution in [1.29, 1.82) is 0 Å². The van der Waals surface area contributed by atoms with Gasteiger partial charge in [-0.3, -0.25) is 9.97 Å². The van der Waals surface area contributed by atoms with E-state index in [0.717, 1.165) is 42.9 Å². The van der Waals surface area contributed by atoms with Gasteiger partial charge in [-0.2, -0.15) is 0 Å². The molecule has 1 aliphatic rings. The Kier molecular flexibility index (Phi) is 5.49. The van der Waals surface area contributed by atoms with E-state index in [1.54, 1.807) is 12.4 Å². The number of piperidine rings is 1. The van der Waals surface area contributed by atoms with Crippen molar-refractivity contribution >= 4 is 0 Å². The lowest BCUT2D eigenvalue weighted by Gasteiger charge is -2.32. The Balaban J connectivity index is 1.52. The Morgan fingerprint density at radius 1 is 0.815 bits per heavy atom. The quantitative estimate of drug-likeness (QED) is 0.748. The molecule has 3 aromatic rings. The highest BCUT2D eigenvalue weighted by atomic mass is 15.0. The molecule has 0 saturated carbocycles. The van der Waals surface area contributed by atoms with Gasteiger partial charge in [-0.1, -0.05) is 12.1 Å². The summed E-state index contributed by atoms with van der Waals surface area (Å²) < 4.78 is 0. The highest BCUT2D eigenvalue weighted by Crippen LogP contribution is 2.33. The van der Waals surface area contributed by atoms with Crippen LogP contribution >= 0.6 is 0 Å². The van der Waals surface area contributed by atoms with Gasteiger partial charge in [0.1, 0.15) is 5.82 Å². The molecular formula is C22H25N5. The van der Waals surface area contributed by atoms with E-state index in [9.17, 15) is 0 Å². The minimum atomic E-state index is 0.262. The maximum Gasteiger partial charge on any atom is 0.128 e. The van der Waals surface area contributed by atoms with Crippen LogP contribution in [0.1, 0.15) is 59.7 Å². The number of hydrogen-bond donors (Lipinski definition) is 1. The van der Waals surface area contributed by atoms with E-state index in [0.29, 0.717) is 0 Å². The highest BCUT2D eigenvalue weighted by molar-refractivity contribution is 5.26. The average Bonchev–Trinajstić information content (AvgIpc) is 2.74. The van der Waals surface area contributed by atoms with Crippen LogP contribution in [0.3, 0.4) is 0 Å². The van der Waals surface area contributed by atoms with Crippen molar-refractivity contribution in [3.63, 3.8) is 0 Å². The summed E-state index contributed by atoms with van der Waals surface area (Å²) in [5.41, 5.74) is 4.85. The Morgan fingerprint density at radius 2 is 1.48 bits per heavy atom. The van der Waals surface area contributed by atoms with E-state index >= 15 is 0 Å². The monoisotopic (exact) mass is 359 g/mol. The van der Waals surface area contributed by atoms with Gasteiger partial charge in [0, 0.05) is 31.2 Å². The summed E-state index contributed by atoms with van der Waals surface area (Å²) in [6.45, 7) is 2.14. The first-order chi connectivity index (χ1) is 13.3. The van der Waals surface area contributed by atoms with Crippen LogP contribution in [-0.4, -0.2) is 19.9 Å². The molecule has 0 amide bonds. The van der Waals surface area contributed by atoms with Gasteiger partial charge in [-0.15, -0.1) is 0 Å². The second-order valence-electron chi connectivity index (χ2n) is 7.12. The Bertz CT molecular complexity index is 881. The number of aryl methyl sites for hydroxylation is 3. The largest absolute Gasteiger partial charge is 0.300 e. The van der Waals surface area contributed by atoms with Crippen molar-refractivity contribution < 1.29 is 0 Å². The van der Waals surface area contributed by atoms with E-state index in [1.807, 2.05) is 30.6 Å². The minimum Gasteiger partial charge on any atom is -0.300 e.